The second kappa shape index (κ2) is 7.09. The maximum Gasteiger partial charge on any atom is 0.358 e. The summed E-state index contributed by atoms with van der Waals surface area (Å²) in [6.07, 6.45) is 7.83. The smallest absolute Gasteiger partial charge is 0.247 e. The van der Waals surface area contributed by atoms with Crippen molar-refractivity contribution in [1.82, 2.24) is 0 Å². The van der Waals surface area contributed by atoms with Gasteiger partial charge in [0.05, 0.1) is 11.8 Å². The third kappa shape index (κ3) is 4.22. The van der Waals surface area contributed by atoms with Crippen molar-refractivity contribution in [2.75, 3.05) is 0 Å². The summed E-state index contributed by atoms with van der Waals surface area (Å²) < 4.78 is 0. The van der Waals surface area contributed by atoms with Crippen molar-refractivity contribution >= 4 is 11.9 Å². The molecule has 4 unspecified atom stereocenters. The Morgan fingerprint density at radius 1 is 0.750 bits per heavy atom. The molecule has 0 aromatic carbocycles. The molecule has 0 aliphatic heterocycles. The fraction of sp³-hybridized carbons (Fsp3) is 0.875. The lowest BCUT2D eigenvalue weighted by atomic mass is 9.82. The van der Waals surface area contributed by atoms with Crippen molar-refractivity contribution in [3.8, 4) is 0 Å². The zero-order chi connectivity index (χ0) is 14.5. The summed E-state index contributed by atoms with van der Waals surface area (Å²) in [5, 5.41) is 0. The van der Waals surface area contributed by atoms with Gasteiger partial charge in [-0.15, -0.1) is 0 Å². The molecule has 0 bridgehead atoms. The molecule has 0 spiro atoms. The van der Waals surface area contributed by atoms with Gasteiger partial charge in [-0.2, -0.15) is 0 Å². The fourth-order valence-electron chi connectivity index (χ4n) is 3.51. The van der Waals surface area contributed by atoms with Gasteiger partial charge in [0.25, 0.3) is 0 Å². The van der Waals surface area contributed by atoms with Gasteiger partial charge in [0.15, 0.2) is 0 Å². The molecule has 0 aromatic rings. The molecule has 0 aromatic heterocycles. The van der Waals surface area contributed by atoms with E-state index >= 15 is 0 Å². The number of hydrogen-bond donors (Lipinski definition) is 0. The lowest BCUT2D eigenvalue weighted by Gasteiger charge is -2.26. The SMILES string of the molecule is CC1CCCC(C(=O)OOC(=O)C2CCCC(C)C2)C1. The molecular formula is C16H26O4. The molecule has 2 fully saturated rings. The third-order valence-electron chi connectivity index (χ3n) is 4.75. The van der Waals surface area contributed by atoms with E-state index in [2.05, 4.69) is 13.8 Å². The summed E-state index contributed by atoms with van der Waals surface area (Å²) in [4.78, 5) is 33.4. The molecule has 2 saturated carbocycles. The summed E-state index contributed by atoms with van der Waals surface area (Å²) >= 11 is 0. The molecule has 2 rings (SSSR count). The van der Waals surface area contributed by atoms with E-state index < -0.39 is 0 Å². The monoisotopic (exact) mass is 282 g/mol. The molecule has 0 amide bonds. The lowest BCUT2D eigenvalue weighted by Crippen LogP contribution is -2.28. The average molecular weight is 282 g/mol. The van der Waals surface area contributed by atoms with Crippen molar-refractivity contribution in [1.29, 1.82) is 0 Å². The molecule has 0 radical (unpaired) electrons. The highest BCUT2D eigenvalue weighted by Crippen LogP contribution is 2.31. The number of carbonyl (C=O) groups excluding carboxylic acids is 2. The van der Waals surface area contributed by atoms with Crippen LogP contribution in [-0.4, -0.2) is 11.9 Å². The molecule has 4 heteroatoms. The minimum absolute atomic E-state index is 0.100. The van der Waals surface area contributed by atoms with Gasteiger partial charge < -0.3 is 0 Å². The van der Waals surface area contributed by atoms with Gasteiger partial charge >= 0.3 is 11.9 Å². The summed E-state index contributed by atoms with van der Waals surface area (Å²) in [7, 11) is 0. The van der Waals surface area contributed by atoms with E-state index in [-0.39, 0.29) is 23.8 Å². The Balaban J connectivity index is 1.73. The van der Waals surface area contributed by atoms with Gasteiger partial charge in [-0.05, 0) is 37.5 Å². The van der Waals surface area contributed by atoms with Crippen LogP contribution in [0.4, 0.5) is 0 Å². The highest BCUT2D eigenvalue weighted by molar-refractivity contribution is 5.75. The largest absolute Gasteiger partial charge is 0.358 e. The van der Waals surface area contributed by atoms with E-state index in [0.717, 1.165) is 38.5 Å². The van der Waals surface area contributed by atoms with E-state index in [0.29, 0.717) is 11.8 Å². The summed E-state index contributed by atoms with van der Waals surface area (Å²) in [5.74, 6) is 0.170. The van der Waals surface area contributed by atoms with Crippen molar-refractivity contribution < 1.29 is 19.4 Å². The molecular weight excluding hydrogens is 256 g/mol. The molecule has 114 valence electrons. The predicted molar refractivity (Wildman–Crippen MR) is 74.4 cm³/mol. The van der Waals surface area contributed by atoms with Crippen LogP contribution in [0.1, 0.15) is 65.2 Å². The molecule has 4 atom stereocenters. The molecule has 0 saturated heterocycles. The predicted octanol–water partition coefficient (Wildman–Crippen LogP) is 3.64. The Morgan fingerprint density at radius 3 is 1.50 bits per heavy atom. The van der Waals surface area contributed by atoms with Gasteiger partial charge in [0.2, 0.25) is 0 Å². The second-order valence-corrected chi connectivity index (χ2v) is 6.74. The van der Waals surface area contributed by atoms with Crippen molar-refractivity contribution in [2.45, 2.75) is 65.2 Å². The minimum Gasteiger partial charge on any atom is -0.247 e. The Hall–Kier alpha value is -1.06. The Labute approximate surface area is 121 Å². The first-order chi connectivity index (χ1) is 9.56. The van der Waals surface area contributed by atoms with Crippen LogP contribution < -0.4 is 0 Å². The first kappa shape index (κ1) is 15.3. The third-order valence-corrected chi connectivity index (χ3v) is 4.75. The van der Waals surface area contributed by atoms with Gasteiger partial charge in [-0.1, -0.05) is 39.5 Å². The second-order valence-electron chi connectivity index (χ2n) is 6.74. The number of carbonyl (C=O) groups is 2. The fourth-order valence-corrected chi connectivity index (χ4v) is 3.51. The molecule has 2 aliphatic rings. The highest BCUT2D eigenvalue weighted by atomic mass is 17.2. The van der Waals surface area contributed by atoms with Gasteiger partial charge in [0, 0.05) is 0 Å². The van der Waals surface area contributed by atoms with E-state index in [1.807, 2.05) is 0 Å². The summed E-state index contributed by atoms with van der Waals surface area (Å²) in [6, 6.07) is 0. The van der Waals surface area contributed by atoms with Crippen LogP contribution in [0.2, 0.25) is 0 Å². The van der Waals surface area contributed by atoms with Crippen LogP contribution in [0, 0.1) is 23.7 Å². The Bertz CT molecular complexity index is 318. The molecule has 0 N–H and O–H groups in total. The lowest BCUT2D eigenvalue weighted by molar-refractivity contribution is -0.266. The maximum atomic E-state index is 11.9. The Kier molecular flexibility index (Phi) is 5.44. The van der Waals surface area contributed by atoms with Crippen LogP contribution in [0.15, 0.2) is 0 Å². The van der Waals surface area contributed by atoms with Crippen LogP contribution in [0.3, 0.4) is 0 Å². The van der Waals surface area contributed by atoms with Crippen molar-refractivity contribution in [2.24, 2.45) is 23.7 Å². The zero-order valence-corrected chi connectivity index (χ0v) is 12.6. The normalized spacial score (nSPS) is 34.3. The average Bonchev–Trinajstić information content (AvgIpc) is 2.44. The van der Waals surface area contributed by atoms with Gasteiger partial charge in [0.1, 0.15) is 0 Å². The first-order valence-corrected chi connectivity index (χ1v) is 7.98. The number of rotatable bonds is 2. The molecule has 4 nitrogen and oxygen atoms in total. The molecule has 20 heavy (non-hydrogen) atoms. The van der Waals surface area contributed by atoms with E-state index in [1.54, 1.807) is 0 Å². The van der Waals surface area contributed by atoms with Crippen LogP contribution in [-0.2, 0) is 19.4 Å². The van der Waals surface area contributed by atoms with Gasteiger partial charge in [-0.25, -0.2) is 19.4 Å². The first-order valence-electron chi connectivity index (χ1n) is 7.98. The van der Waals surface area contributed by atoms with Crippen molar-refractivity contribution in [3.05, 3.63) is 0 Å². The van der Waals surface area contributed by atoms with Gasteiger partial charge in [-0.3, -0.25) is 0 Å². The number of hydrogen-bond acceptors (Lipinski definition) is 4. The zero-order valence-electron chi connectivity index (χ0n) is 12.6. The summed E-state index contributed by atoms with van der Waals surface area (Å²) in [6.45, 7) is 4.30. The van der Waals surface area contributed by atoms with E-state index in [4.69, 9.17) is 9.78 Å². The molecule has 0 heterocycles. The minimum atomic E-state index is -0.367. The van der Waals surface area contributed by atoms with Crippen LogP contribution in [0.5, 0.6) is 0 Å². The van der Waals surface area contributed by atoms with E-state index in [9.17, 15) is 9.59 Å². The molecule has 2 aliphatic carbocycles. The standard InChI is InChI=1S/C16H26O4/c1-11-5-3-7-13(9-11)15(17)19-20-16(18)14-8-4-6-12(2)10-14/h11-14H,3-10H2,1-2H3. The van der Waals surface area contributed by atoms with Crippen LogP contribution in [0.25, 0.3) is 0 Å². The van der Waals surface area contributed by atoms with Crippen LogP contribution >= 0.6 is 0 Å². The Morgan fingerprint density at radius 2 is 1.15 bits per heavy atom. The topological polar surface area (TPSA) is 52.6 Å². The quantitative estimate of drug-likeness (QED) is 0.573. The van der Waals surface area contributed by atoms with E-state index in [1.165, 1.54) is 12.8 Å². The van der Waals surface area contributed by atoms with Crippen molar-refractivity contribution in [3.63, 3.8) is 0 Å². The maximum absolute atomic E-state index is 11.9. The summed E-state index contributed by atoms with van der Waals surface area (Å²) in [5.41, 5.74) is 0. The highest BCUT2D eigenvalue weighted by Gasteiger charge is 2.31.